The molecule has 1 atom stereocenters. The Morgan fingerprint density at radius 3 is 2.93 bits per heavy atom. The standard InChI is InChI=1S/C20H31N5O2/c1-14(2)8-11-18-22-19(27-23-18)13-25-12-6-5-7-16(25)15-9-10-17(24(15)4)20(26)21-3/h9-10,14,16H,5-8,11-13H2,1-4H3,(H,21,26). The molecule has 7 nitrogen and oxygen atoms in total. The molecule has 1 saturated heterocycles. The van der Waals surface area contributed by atoms with Gasteiger partial charge in [0, 0.05) is 26.2 Å². The Balaban J connectivity index is 1.73. The Morgan fingerprint density at radius 1 is 1.37 bits per heavy atom. The summed E-state index contributed by atoms with van der Waals surface area (Å²) in [5.41, 5.74) is 1.85. The first-order valence-corrected chi connectivity index (χ1v) is 9.92. The van der Waals surface area contributed by atoms with Crippen LogP contribution in [0.3, 0.4) is 0 Å². The van der Waals surface area contributed by atoms with Gasteiger partial charge in [0.25, 0.3) is 5.91 Å². The fourth-order valence-electron chi connectivity index (χ4n) is 3.78. The van der Waals surface area contributed by atoms with Crippen LogP contribution in [-0.4, -0.2) is 39.1 Å². The molecule has 0 bridgehead atoms. The Morgan fingerprint density at radius 2 is 2.19 bits per heavy atom. The van der Waals surface area contributed by atoms with Crippen LogP contribution in [0.25, 0.3) is 0 Å². The molecule has 1 unspecified atom stereocenters. The second-order valence-corrected chi connectivity index (χ2v) is 7.80. The van der Waals surface area contributed by atoms with Gasteiger partial charge in [-0.15, -0.1) is 0 Å². The van der Waals surface area contributed by atoms with Crippen LogP contribution in [0.2, 0.25) is 0 Å². The largest absolute Gasteiger partial charge is 0.354 e. The van der Waals surface area contributed by atoms with Gasteiger partial charge in [0.05, 0.1) is 12.6 Å². The number of hydrogen-bond acceptors (Lipinski definition) is 5. The van der Waals surface area contributed by atoms with E-state index >= 15 is 0 Å². The zero-order valence-electron chi connectivity index (χ0n) is 16.9. The molecule has 1 fully saturated rings. The molecular weight excluding hydrogens is 342 g/mol. The predicted molar refractivity (Wildman–Crippen MR) is 103 cm³/mol. The maximum Gasteiger partial charge on any atom is 0.267 e. The molecule has 0 saturated carbocycles. The number of rotatable bonds is 7. The van der Waals surface area contributed by atoms with Gasteiger partial charge in [0.1, 0.15) is 5.69 Å². The number of aryl methyl sites for hydroxylation is 1. The Kier molecular flexibility index (Phi) is 6.31. The molecule has 2 aromatic rings. The highest BCUT2D eigenvalue weighted by Crippen LogP contribution is 2.32. The summed E-state index contributed by atoms with van der Waals surface area (Å²) in [4.78, 5) is 19.0. The van der Waals surface area contributed by atoms with Gasteiger partial charge in [-0.05, 0) is 43.9 Å². The van der Waals surface area contributed by atoms with Gasteiger partial charge in [-0.1, -0.05) is 25.4 Å². The van der Waals surface area contributed by atoms with E-state index in [4.69, 9.17) is 4.52 Å². The van der Waals surface area contributed by atoms with Crippen molar-refractivity contribution in [3.8, 4) is 0 Å². The highest BCUT2D eigenvalue weighted by atomic mass is 16.5. The first kappa shape index (κ1) is 19.6. The number of amides is 1. The summed E-state index contributed by atoms with van der Waals surface area (Å²) in [5.74, 6) is 2.05. The van der Waals surface area contributed by atoms with Gasteiger partial charge in [-0.25, -0.2) is 0 Å². The lowest BCUT2D eigenvalue weighted by Crippen LogP contribution is -2.34. The zero-order valence-corrected chi connectivity index (χ0v) is 16.9. The van der Waals surface area contributed by atoms with Crippen LogP contribution in [0.5, 0.6) is 0 Å². The number of piperidine rings is 1. The number of nitrogens with zero attached hydrogens (tertiary/aromatic N) is 4. The topological polar surface area (TPSA) is 76.2 Å². The lowest BCUT2D eigenvalue weighted by atomic mass is 9.99. The molecule has 1 aliphatic rings. The molecule has 0 spiro atoms. The fourth-order valence-corrected chi connectivity index (χ4v) is 3.78. The number of carbonyl (C=O) groups excluding carboxylic acids is 1. The predicted octanol–water partition coefficient (Wildman–Crippen LogP) is 3.08. The Bertz CT molecular complexity index is 764. The summed E-state index contributed by atoms with van der Waals surface area (Å²) in [6, 6.07) is 4.22. The summed E-state index contributed by atoms with van der Waals surface area (Å²) < 4.78 is 7.50. The first-order valence-electron chi connectivity index (χ1n) is 9.92. The van der Waals surface area contributed by atoms with Gasteiger partial charge < -0.3 is 14.4 Å². The second kappa shape index (κ2) is 8.69. The molecule has 1 aliphatic heterocycles. The summed E-state index contributed by atoms with van der Waals surface area (Å²) in [7, 11) is 3.62. The molecule has 0 radical (unpaired) electrons. The Hall–Kier alpha value is -2.15. The van der Waals surface area contributed by atoms with Gasteiger partial charge in [-0.3, -0.25) is 9.69 Å². The number of carbonyl (C=O) groups is 1. The third kappa shape index (κ3) is 4.58. The van der Waals surface area contributed by atoms with Crippen molar-refractivity contribution in [1.29, 1.82) is 0 Å². The SMILES string of the molecule is CNC(=O)c1ccc(C2CCCCN2Cc2nc(CCC(C)C)no2)n1C. The quantitative estimate of drug-likeness (QED) is 0.807. The van der Waals surface area contributed by atoms with Crippen molar-refractivity contribution in [3.05, 3.63) is 35.2 Å². The molecule has 7 heteroatoms. The average Bonchev–Trinajstić information content (AvgIpc) is 3.26. The minimum atomic E-state index is -0.0576. The van der Waals surface area contributed by atoms with Crippen molar-refractivity contribution in [1.82, 2.24) is 24.9 Å². The third-order valence-electron chi connectivity index (χ3n) is 5.37. The van der Waals surface area contributed by atoms with Crippen LogP contribution in [0.15, 0.2) is 16.7 Å². The van der Waals surface area contributed by atoms with Crippen LogP contribution < -0.4 is 5.32 Å². The highest BCUT2D eigenvalue weighted by Gasteiger charge is 2.28. The van der Waals surface area contributed by atoms with E-state index in [0.29, 0.717) is 24.0 Å². The number of aromatic nitrogens is 3. The maximum absolute atomic E-state index is 12.0. The van der Waals surface area contributed by atoms with E-state index in [1.807, 2.05) is 17.7 Å². The minimum absolute atomic E-state index is 0.0576. The lowest BCUT2D eigenvalue weighted by molar-refractivity contribution is 0.0950. The van der Waals surface area contributed by atoms with Crippen LogP contribution in [0, 0.1) is 5.92 Å². The van der Waals surface area contributed by atoms with Crippen molar-refractivity contribution in [2.45, 2.75) is 58.5 Å². The fraction of sp³-hybridized carbons (Fsp3) is 0.650. The van der Waals surface area contributed by atoms with E-state index in [9.17, 15) is 4.79 Å². The smallest absolute Gasteiger partial charge is 0.267 e. The van der Waals surface area contributed by atoms with Crippen molar-refractivity contribution >= 4 is 5.91 Å². The average molecular weight is 374 g/mol. The summed E-state index contributed by atoms with van der Waals surface area (Å²) in [6.45, 7) is 6.05. The third-order valence-corrected chi connectivity index (χ3v) is 5.37. The zero-order chi connectivity index (χ0) is 19.4. The molecule has 0 aromatic carbocycles. The van der Waals surface area contributed by atoms with E-state index in [1.165, 1.54) is 6.42 Å². The van der Waals surface area contributed by atoms with Crippen LogP contribution in [0.1, 0.15) is 73.5 Å². The molecule has 2 aromatic heterocycles. The van der Waals surface area contributed by atoms with Gasteiger partial charge in [-0.2, -0.15) is 4.98 Å². The highest BCUT2D eigenvalue weighted by molar-refractivity contribution is 5.92. The van der Waals surface area contributed by atoms with Crippen LogP contribution in [-0.2, 0) is 20.0 Å². The number of likely N-dealkylation sites (tertiary alicyclic amines) is 1. The van der Waals surface area contributed by atoms with Crippen LogP contribution in [0.4, 0.5) is 0 Å². The van der Waals surface area contributed by atoms with E-state index in [0.717, 1.165) is 43.7 Å². The molecule has 1 N–H and O–H groups in total. The van der Waals surface area contributed by atoms with E-state index in [1.54, 1.807) is 7.05 Å². The molecule has 148 valence electrons. The summed E-state index contributed by atoms with van der Waals surface area (Å²) >= 11 is 0. The molecular formula is C20H31N5O2. The first-order chi connectivity index (χ1) is 13.0. The van der Waals surface area contributed by atoms with Crippen molar-refractivity contribution < 1.29 is 9.32 Å². The normalized spacial score (nSPS) is 18.2. The lowest BCUT2D eigenvalue weighted by Gasteiger charge is -2.35. The molecule has 3 heterocycles. The number of nitrogens with one attached hydrogen (secondary N) is 1. The van der Waals surface area contributed by atoms with Gasteiger partial charge >= 0.3 is 0 Å². The van der Waals surface area contributed by atoms with E-state index in [2.05, 4.69) is 40.3 Å². The van der Waals surface area contributed by atoms with Crippen LogP contribution >= 0.6 is 0 Å². The molecule has 1 amide bonds. The van der Waals surface area contributed by atoms with Gasteiger partial charge in [0.2, 0.25) is 5.89 Å². The summed E-state index contributed by atoms with van der Waals surface area (Å²) in [6.07, 6.45) is 5.34. The monoisotopic (exact) mass is 373 g/mol. The van der Waals surface area contributed by atoms with Crippen molar-refractivity contribution in [2.75, 3.05) is 13.6 Å². The van der Waals surface area contributed by atoms with Gasteiger partial charge in [0.15, 0.2) is 5.82 Å². The van der Waals surface area contributed by atoms with E-state index < -0.39 is 0 Å². The second-order valence-electron chi connectivity index (χ2n) is 7.80. The Labute approximate surface area is 161 Å². The minimum Gasteiger partial charge on any atom is -0.354 e. The molecule has 27 heavy (non-hydrogen) atoms. The summed E-state index contributed by atoms with van der Waals surface area (Å²) in [5, 5.41) is 6.84. The maximum atomic E-state index is 12.0. The molecule has 3 rings (SSSR count). The van der Waals surface area contributed by atoms with E-state index in [-0.39, 0.29) is 11.9 Å². The number of hydrogen-bond donors (Lipinski definition) is 1. The molecule has 0 aliphatic carbocycles. The van der Waals surface area contributed by atoms with Crippen molar-refractivity contribution in [3.63, 3.8) is 0 Å². The van der Waals surface area contributed by atoms with Crippen molar-refractivity contribution in [2.24, 2.45) is 13.0 Å².